The number of hydrogen-bond acceptors (Lipinski definition) is 2. The average molecular weight is 248 g/mol. The average Bonchev–Trinajstić information content (AvgIpc) is 2.26. The minimum atomic E-state index is -2.24. The normalized spacial score (nSPS) is 12.3. The zero-order valence-electron chi connectivity index (χ0n) is 11.2. The lowest BCUT2D eigenvalue weighted by Crippen LogP contribution is -2.49. The summed E-state index contributed by atoms with van der Waals surface area (Å²) in [7, 11) is -2.24. The van der Waals surface area contributed by atoms with Gasteiger partial charge in [-0.3, -0.25) is 9.59 Å². The van der Waals surface area contributed by atoms with E-state index in [9.17, 15) is 9.59 Å². The van der Waals surface area contributed by atoms with Crippen molar-refractivity contribution in [2.24, 2.45) is 0 Å². The molecule has 92 valence electrons. The van der Waals surface area contributed by atoms with Crippen molar-refractivity contribution < 1.29 is 9.59 Å². The molecule has 0 aliphatic carbocycles. The van der Waals surface area contributed by atoms with Gasteiger partial charge in [-0.15, -0.1) is 0 Å². The SMILES string of the molecule is CC(C)(C)[Si](C)(C)C(=O)C(=O)c1ccccc1. The smallest absolute Gasteiger partial charge is 0.223 e. The van der Waals surface area contributed by atoms with Gasteiger partial charge in [-0.2, -0.15) is 0 Å². The van der Waals surface area contributed by atoms with Crippen molar-refractivity contribution in [3.8, 4) is 0 Å². The van der Waals surface area contributed by atoms with E-state index in [0.29, 0.717) is 5.56 Å². The fraction of sp³-hybridized carbons (Fsp3) is 0.429. The topological polar surface area (TPSA) is 34.1 Å². The number of hydrogen-bond donors (Lipinski definition) is 0. The Bertz CT molecular complexity index is 427. The number of benzene rings is 1. The molecule has 0 aliphatic heterocycles. The molecule has 0 aromatic heterocycles. The number of Topliss-reactive ketones (excluding diaryl/α,β-unsaturated/α-hetero) is 1. The summed E-state index contributed by atoms with van der Waals surface area (Å²) in [5.74, 6) is -0.336. The van der Waals surface area contributed by atoms with Crippen LogP contribution < -0.4 is 0 Å². The summed E-state index contributed by atoms with van der Waals surface area (Å²) in [5, 5.41) is -0.287. The molecule has 0 bridgehead atoms. The molecule has 2 nitrogen and oxygen atoms in total. The van der Waals surface area contributed by atoms with E-state index in [1.165, 1.54) is 0 Å². The Balaban J connectivity index is 3.04. The molecule has 1 rings (SSSR count). The Kier molecular flexibility index (Phi) is 3.72. The van der Waals surface area contributed by atoms with Gasteiger partial charge in [0.25, 0.3) is 0 Å². The lowest BCUT2D eigenvalue weighted by atomic mass is 10.1. The van der Waals surface area contributed by atoms with Gasteiger partial charge < -0.3 is 0 Å². The lowest BCUT2D eigenvalue weighted by molar-refractivity contribution is -0.109. The highest BCUT2D eigenvalue weighted by atomic mass is 28.3. The molecule has 1 aromatic carbocycles. The third kappa shape index (κ3) is 2.72. The molecule has 1 aromatic rings. The Morgan fingerprint density at radius 2 is 1.47 bits per heavy atom. The van der Waals surface area contributed by atoms with Crippen molar-refractivity contribution in [1.29, 1.82) is 0 Å². The number of ketones is 1. The van der Waals surface area contributed by atoms with Gasteiger partial charge in [0, 0.05) is 5.56 Å². The summed E-state index contributed by atoms with van der Waals surface area (Å²) in [6.07, 6.45) is 0. The first kappa shape index (κ1) is 13.8. The maximum atomic E-state index is 12.3. The molecule has 0 unspecified atom stereocenters. The van der Waals surface area contributed by atoms with Crippen LogP contribution in [0.5, 0.6) is 0 Å². The fourth-order valence-corrected chi connectivity index (χ4v) is 2.74. The van der Waals surface area contributed by atoms with Crippen LogP contribution in [0.15, 0.2) is 30.3 Å². The molecule has 0 radical (unpaired) electrons. The first-order chi connectivity index (χ1) is 7.68. The van der Waals surface area contributed by atoms with Crippen molar-refractivity contribution in [3.63, 3.8) is 0 Å². The summed E-state index contributed by atoms with van der Waals surface area (Å²) in [6, 6.07) is 8.81. The first-order valence-corrected chi connectivity index (χ1v) is 8.82. The van der Waals surface area contributed by atoms with Crippen LogP contribution in [0.1, 0.15) is 31.1 Å². The molecule has 0 spiro atoms. The number of carbonyl (C=O) groups is 2. The molecular weight excluding hydrogens is 228 g/mol. The van der Waals surface area contributed by atoms with Gasteiger partial charge in [0.05, 0.1) is 0 Å². The fourth-order valence-electron chi connectivity index (χ4n) is 1.35. The highest BCUT2D eigenvalue weighted by Crippen LogP contribution is 2.36. The van der Waals surface area contributed by atoms with Gasteiger partial charge >= 0.3 is 0 Å². The Labute approximate surface area is 104 Å². The maximum Gasteiger partial charge on any atom is 0.223 e. The van der Waals surface area contributed by atoms with Crippen LogP contribution >= 0.6 is 0 Å². The van der Waals surface area contributed by atoms with Gasteiger partial charge in [-0.1, -0.05) is 64.2 Å². The van der Waals surface area contributed by atoms with Gasteiger partial charge in [0.2, 0.25) is 5.78 Å². The second-order valence-corrected chi connectivity index (χ2v) is 11.1. The standard InChI is InChI=1S/C14H20O2Si/c1-14(2,3)17(4,5)13(16)12(15)11-9-7-6-8-10-11/h6-10H,1-5H3. The molecule has 0 fully saturated rings. The van der Waals surface area contributed by atoms with Crippen LogP contribution in [-0.2, 0) is 4.79 Å². The molecule has 0 saturated carbocycles. The molecule has 0 amide bonds. The van der Waals surface area contributed by atoms with E-state index < -0.39 is 8.07 Å². The third-order valence-corrected chi connectivity index (χ3v) is 8.80. The summed E-state index contributed by atoms with van der Waals surface area (Å²) in [4.78, 5) is 24.4. The third-order valence-electron chi connectivity index (χ3n) is 3.68. The second-order valence-electron chi connectivity index (χ2n) is 5.90. The van der Waals surface area contributed by atoms with Crippen molar-refractivity contribution in [3.05, 3.63) is 35.9 Å². The van der Waals surface area contributed by atoms with Gasteiger partial charge in [-0.05, 0) is 5.04 Å². The molecule has 0 heterocycles. The Morgan fingerprint density at radius 3 is 1.88 bits per heavy atom. The van der Waals surface area contributed by atoms with Gasteiger partial charge in [0.15, 0.2) is 5.41 Å². The lowest BCUT2D eigenvalue weighted by Gasteiger charge is -2.34. The monoisotopic (exact) mass is 248 g/mol. The summed E-state index contributed by atoms with van der Waals surface area (Å²) in [5.41, 5.74) is 0.502. The number of carbonyl (C=O) groups excluding carboxylic acids is 2. The minimum absolute atomic E-state index is 0.103. The van der Waals surface area contributed by atoms with Crippen LogP contribution in [0.2, 0.25) is 18.1 Å². The number of rotatable bonds is 3. The quantitative estimate of drug-likeness (QED) is 0.466. The molecule has 3 heteroatoms. The predicted molar refractivity (Wildman–Crippen MR) is 73.0 cm³/mol. The summed E-state index contributed by atoms with van der Waals surface area (Å²) < 4.78 is 0. The molecule has 0 aliphatic rings. The second kappa shape index (κ2) is 4.57. The molecule has 17 heavy (non-hydrogen) atoms. The molecule has 0 N–H and O–H groups in total. The van der Waals surface area contributed by atoms with Crippen LogP contribution in [0.25, 0.3) is 0 Å². The van der Waals surface area contributed by atoms with Crippen LogP contribution in [0.4, 0.5) is 0 Å². The van der Waals surface area contributed by atoms with Crippen molar-refractivity contribution >= 4 is 19.3 Å². The van der Waals surface area contributed by atoms with Crippen LogP contribution in [0, 0.1) is 0 Å². The van der Waals surface area contributed by atoms with Gasteiger partial charge in [-0.25, -0.2) is 0 Å². The Hall–Kier alpha value is -1.22. The van der Waals surface area contributed by atoms with Crippen molar-refractivity contribution in [1.82, 2.24) is 0 Å². The van der Waals surface area contributed by atoms with Crippen molar-refractivity contribution in [2.45, 2.75) is 38.9 Å². The minimum Gasteiger partial charge on any atom is -0.296 e. The highest BCUT2D eigenvalue weighted by molar-refractivity contribution is 7.14. The largest absolute Gasteiger partial charge is 0.296 e. The van der Waals surface area contributed by atoms with E-state index in [1.54, 1.807) is 24.3 Å². The van der Waals surface area contributed by atoms with Crippen LogP contribution in [0.3, 0.4) is 0 Å². The van der Waals surface area contributed by atoms with E-state index in [2.05, 4.69) is 0 Å². The Morgan fingerprint density at radius 1 is 1.00 bits per heavy atom. The van der Waals surface area contributed by atoms with Crippen LogP contribution in [-0.4, -0.2) is 19.3 Å². The molecule has 0 atom stereocenters. The zero-order chi connectivity index (χ0) is 13.3. The summed E-state index contributed by atoms with van der Waals surface area (Å²) in [6.45, 7) is 10.0. The zero-order valence-corrected chi connectivity index (χ0v) is 12.2. The molecule has 0 saturated heterocycles. The first-order valence-electron chi connectivity index (χ1n) is 5.82. The van der Waals surface area contributed by atoms with E-state index in [0.717, 1.165) is 0 Å². The van der Waals surface area contributed by atoms with E-state index in [4.69, 9.17) is 0 Å². The molecular formula is C14H20O2Si. The summed E-state index contributed by atoms with van der Waals surface area (Å²) >= 11 is 0. The van der Waals surface area contributed by atoms with E-state index >= 15 is 0 Å². The highest BCUT2D eigenvalue weighted by Gasteiger charge is 2.45. The predicted octanol–water partition coefficient (Wildman–Crippen LogP) is 3.49. The van der Waals surface area contributed by atoms with E-state index in [-0.39, 0.29) is 16.2 Å². The van der Waals surface area contributed by atoms with E-state index in [1.807, 2.05) is 39.9 Å². The van der Waals surface area contributed by atoms with Crippen molar-refractivity contribution in [2.75, 3.05) is 0 Å². The maximum absolute atomic E-state index is 12.3. The van der Waals surface area contributed by atoms with Gasteiger partial charge in [0.1, 0.15) is 8.07 Å².